The lowest BCUT2D eigenvalue weighted by atomic mass is 10.0. The number of ether oxygens (including phenoxy) is 1. The third kappa shape index (κ3) is 5.07. The Hall–Kier alpha value is -4.05. The van der Waals surface area contributed by atoms with Crippen LogP contribution in [0.3, 0.4) is 0 Å². The van der Waals surface area contributed by atoms with Gasteiger partial charge in [-0.25, -0.2) is 27.7 Å². The normalized spacial score (nSPS) is 15.8. The van der Waals surface area contributed by atoms with Crippen molar-refractivity contribution in [3.63, 3.8) is 0 Å². The second-order valence-electron chi connectivity index (χ2n) is 7.89. The van der Waals surface area contributed by atoms with Crippen LogP contribution in [0, 0.1) is 5.92 Å². The molecule has 3 aromatic rings. The van der Waals surface area contributed by atoms with E-state index in [0.29, 0.717) is 12.1 Å². The molecule has 1 aliphatic rings. The van der Waals surface area contributed by atoms with Gasteiger partial charge in [-0.2, -0.15) is 5.10 Å². The lowest BCUT2D eigenvalue weighted by Gasteiger charge is -2.19. The summed E-state index contributed by atoms with van der Waals surface area (Å²) in [6, 6.07) is 15.6. The number of methoxy groups -OCH3 is 1. The van der Waals surface area contributed by atoms with Gasteiger partial charge in [0.2, 0.25) is 5.82 Å². The van der Waals surface area contributed by atoms with Crippen molar-refractivity contribution < 1.29 is 17.9 Å². The van der Waals surface area contributed by atoms with E-state index in [4.69, 9.17) is 4.74 Å². The molecule has 1 unspecified atom stereocenters. The molecular weight excluding hydrogens is 466 g/mol. The minimum atomic E-state index is -3.86. The van der Waals surface area contributed by atoms with Gasteiger partial charge in [-0.05, 0) is 36.8 Å². The highest BCUT2D eigenvalue weighted by atomic mass is 32.2. The number of nitrogens with zero attached hydrogens (tertiary/aromatic N) is 5. The Bertz CT molecular complexity index is 1370. The fraction of sp³-hybridized carbons (Fsp3) is 0.200. The molecule has 0 N–H and O–H groups in total. The predicted molar refractivity (Wildman–Crippen MR) is 134 cm³/mol. The molecule has 2 aromatic carbocycles. The maximum absolute atomic E-state index is 13.1. The van der Waals surface area contributed by atoms with Gasteiger partial charge in [-0.3, -0.25) is 4.79 Å². The Morgan fingerprint density at radius 3 is 2.46 bits per heavy atom. The van der Waals surface area contributed by atoms with Crippen LogP contribution in [0.15, 0.2) is 83.1 Å². The van der Waals surface area contributed by atoms with Crippen LogP contribution in [0.2, 0.25) is 0 Å². The Balaban J connectivity index is 1.45. The van der Waals surface area contributed by atoms with E-state index in [1.807, 2.05) is 37.3 Å². The zero-order chi connectivity index (χ0) is 25.0. The highest BCUT2D eigenvalue weighted by molar-refractivity contribution is 7.92. The number of anilines is 1. The highest BCUT2D eigenvalue weighted by Crippen LogP contribution is 2.27. The highest BCUT2D eigenvalue weighted by Gasteiger charge is 2.27. The van der Waals surface area contributed by atoms with Gasteiger partial charge in [-0.15, -0.1) is 0 Å². The van der Waals surface area contributed by atoms with E-state index in [1.165, 1.54) is 43.7 Å². The van der Waals surface area contributed by atoms with E-state index in [9.17, 15) is 13.2 Å². The second kappa shape index (κ2) is 10.1. The van der Waals surface area contributed by atoms with Crippen LogP contribution >= 0.6 is 0 Å². The number of carbonyl (C=O) groups excluding carboxylic acids is 1. The largest absolute Gasteiger partial charge is 0.478 e. The SMILES string of the molecule is COc1nccnc1N(C)S(=O)(=O)c1ccc(/C=C/C2CN(C(=O)c3ccccc3)N=C2C)cc1. The molecule has 1 aliphatic heterocycles. The number of carbonyl (C=O) groups is 1. The topological polar surface area (TPSA) is 105 Å². The zero-order valence-corrected chi connectivity index (χ0v) is 20.4. The van der Waals surface area contributed by atoms with Crippen molar-refractivity contribution in [3.05, 3.63) is 84.2 Å². The van der Waals surface area contributed by atoms with Crippen LogP contribution in [0.25, 0.3) is 6.08 Å². The van der Waals surface area contributed by atoms with Crippen molar-refractivity contribution in [1.82, 2.24) is 15.0 Å². The third-order valence-electron chi connectivity index (χ3n) is 5.64. The fourth-order valence-corrected chi connectivity index (χ4v) is 4.76. The van der Waals surface area contributed by atoms with Crippen molar-refractivity contribution in [2.75, 3.05) is 25.0 Å². The van der Waals surface area contributed by atoms with Gasteiger partial charge >= 0.3 is 0 Å². The molecule has 0 saturated carbocycles. The predicted octanol–water partition coefficient (Wildman–Crippen LogP) is 3.47. The lowest BCUT2D eigenvalue weighted by molar-refractivity contribution is 0.0772. The van der Waals surface area contributed by atoms with Crippen LogP contribution in [0.1, 0.15) is 22.8 Å². The Morgan fingerprint density at radius 2 is 1.77 bits per heavy atom. The molecule has 0 fully saturated rings. The number of sulfonamides is 1. The van der Waals surface area contributed by atoms with E-state index < -0.39 is 10.0 Å². The zero-order valence-electron chi connectivity index (χ0n) is 19.6. The molecule has 2 heterocycles. The number of benzene rings is 2. The second-order valence-corrected chi connectivity index (χ2v) is 9.86. The minimum absolute atomic E-state index is 0.0266. The molecule has 4 rings (SSSR count). The van der Waals surface area contributed by atoms with Gasteiger partial charge in [0, 0.05) is 36.6 Å². The van der Waals surface area contributed by atoms with Gasteiger partial charge in [0.15, 0.2) is 0 Å². The summed E-state index contributed by atoms with van der Waals surface area (Å²) in [4.78, 5) is 20.9. The van der Waals surface area contributed by atoms with Crippen LogP contribution < -0.4 is 9.04 Å². The molecule has 10 heteroatoms. The van der Waals surface area contributed by atoms with E-state index in [0.717, 1.165) is 15.6 Å². The number of amides is 1. The monoisotopic (exact) mass is 491 g/mol. The molecule has 0 radical (unpaired) electrons. The molecule has 180 valence electrons. The van der Waals surface area contributed by atoms with Crippen LogP contribution in [0.4, 0.5) is 5.82 Å². The summed E-state index contributed by atoms with van der Waals surface area (Å²) in [6.45, 7) is 2.34. The average molecular weight is 492 g/mol. The number of hydrazone groups is 1. The van der Waals surface area contributed by atoms with E-state index >= 15 is 0 Å². The number of hydrogen-bond donors (Lipinski definition) is 0. The molecule has 0 saturated heterocycles. The van der Waals surface area contributed by atoms with Crippen molar-refractivity contribution in [1.29, 1.82) is 0 Å². The summed E-state index contributed by atoms with van der Waals surface area (Å²) in [5.41, 5.74) is 2.25. The molecule has 35 heavy (non-hydrogen) atoms. The molecule has 1 atom stereocenters. The van der Waals surface area contributed by atoms with Crippen LogP contribution in [-0.2, 0) is 10.0 Å². The standard InChI is InChI=1S/C25H25N5O4S/c1-18-21(17-30(28-18)25(31)20-7-5-4-6-8-20)12-9-19-10-13-22(14-11-19)35(32,33)29(2)23-24(34-3)27-16-15-26-23/h4-16,21H,17H2,1-3H3/b12-9+. The summed E-state index contributed by atoms with van der Waals surface area (Å²) in [5.74, 6) is 0.0525. The van der Waals surface area contributed by atoms with Crippen molar-refractivity contribution in [2.24, 2.45) is 11.0 Å². The Morgan fingerprint density at radius 1 is 1.09 bits per heavy atom. The first-order valence-corrected chi connectivity index (χ1v) is 12.3. The number of rotatable bonds is 7. The molecule has 0 aliphatic carbocycles. The first-order chi connectivity index (χ1) is 16.8. The summed E-state index contributed by atoms with van der Waals surface area (Å²) in [6.07, 6.45) is 6.70. The van der Waals surface area contributed by atoms with Crippen molar-refractivity contribution in [3.8, 4) is 5.88 Å². The summed E-state index contributed by atoms with van der Waals surface area (Å²) in [5, 5.41) is 5.89. The van der Waals surface area contributed by atoms with Crippen LogP contribution in [0.5, 0.6) is 5.88 Å². The molecule has 0 bridgehead atoms. The summed E-state index contributed by atoms with van der Waals surface area (Å²) < 4.78 is 32.3. The average Bonchev–Trinajstić information content (AvgIpc) is 3.27. The molecule has 0 spiro atoms. The van der Waals surface area contributed by atoms with Gasteiger partial charge < -0.3 is 4.74 Å². The van der Waals surface area contributed by atoms with Crippen molar-refractivity contribution in [2.45, 2.75) is 11.8 Å². The lowest BCUT2D eigenvalue weighted by Crippen LogP contribution is -2.28. The first kappa shape index (κ1) is 24.1. The van der Waals surface area contributed by atoms with E-state index in [1.54, 1.807) is 24.3 Å². The van der Waals surface area contributed by atoms with Crippen LogP contribution in [-0.4, -0.2) is 55.7 Å². The molecule has 1 amide bonds. The summed E-state index contributed by atoms with van der Waals surface area (Å²) in [7, 11) is -1.05. The molecular formula is C25H25N5O4S. The summed E-state index contributed by atoms with van der Waals surface area (Å²) >= 11 is 0. The first-order valence-electron chi connectivity index (χ1n) is 10.9. The maximum Gasteiger partial charge on any atom is 0.273 e. The third-order valence-corrected chi connectivity index (χ3v) is 7.40. The Labute approximate surface area is 204 Å². The van der Waals surface area contributed by atoms with Gasteiger partial charge in [0.25, 0.3) is 21.8 Å². The Kier molecular flexibility index (Phi) is 6.92. The molecule has 9 nitrogen and oxygen atoms in total. The smallest absolute Gasteiger partial charge is 0.273 e. The van der Waals surface area contributed by atoms with Gasteiger partial charge in [0.05, 0.1) is 18.6 Å². The minimum Gasteiger partial charge on any atom is -0.478 e. The number of hydrogen-bond acceptors (Lipinski definition) is 7. The number of aromatic nitrogens is 2. The van der Waals surface area contributed by atoms with Crippen molar-refractivity contribution >= 4 is 33.5 Å². The van der Waals surface area contributed by atoms with Gasteiger partial charge in [-0.1, -0.05) is 42.5 Å². The fourth-order valence-electron chi connectivity index (χ4n) is 3.61. The van der Waals surface area contributed by atoms with E-state index in [-0.39, 0.29) is 28.4 Å². The maximum atomic E-state index is 13.1. The van der Waals surface area contributed by atoms with Gasteiger partial charge in [0.1, 0.15) is 0 Å². The molecule has 1 aromatic heterocycles. The van der Waals surface area contributed by atoms with E-state index in [2.05, 4.69) is 15.1 Å². The quantitative estimate of drug-likeness (QED) is 0.501.